The maximum absolute atomic E-state index is 10.6. The summed E-state index contributed by atoms with van der Waals surface area (Å²) in [5.41, 5.74) is 3.00. The summed E-state index contributed by atoms with van der Waals surface area (Å²) in [5.74, 6) is 0.0959. The number of anilines is 1. The third-order valence-electron chi connectivity index (χ3n) is 4.11. The van der Waals surface area contributed by atoms with Crippen LogP contribution in [0.5, 0.6) is 5.88 Å². The summed E-state index contributed by atoms with van der Waals surface area (Å²) in [5, 5.41) is 23.5. The molecular weight excluding hydrogens is 368 g/mol. The Morgan fingerprint density at radius 3 is 2.77 bits per heavy atom. The Balaban J connectivity index is 1.90. The molecule has 7 heteroatoms. The molecule has 0 unspecified atom stereocenters. The van der Waals surface area contributed by atoms with Gasteiger partial charge in [0.25, 0.3) is 0 Å². The van der Waals surface area contributed by atoms with Crippen LogP contribution in [-0.4, -0.2) is 14.8 Å². The van der Waals surface area contributed by atoms with Crippen LogP contribution >= 0.6 is 23.8 Å². The maximum Gasteiger partial charge on any atom is 0.220 e. The van der Waals surface area contributed by atoms with Gasteiger partial charge < -0.3 is 15.0 Å². The lowest BCUT2D eigenvalue weighted by molar-refractivity contribution is 0.421. The zero-order chi connectivity index (χ0) is 18.7. The Morgan fingerprint density at radius 2 is 2.00 bits per heavy atom. The Bertz CT molecular complexity index is 997. The van der Waals surface area contributed by atoms with Crippen molar-refractivity contribution in [1.29, 1.82) is 0 Å². The zero-order valence-corrected chi connectivity index (χ0v) is 16.1. The molecule has 0 aliphatic carbocycles. The third kappa shape index (κ3) is 3.57. The van der Waals surface area contributed by atoms with E-state index in [-0.39, 0.29) is 11.0 Å². The first-order valence-electron chi connectivity index (χ1n) is 8.31. The van der Waals surface area contributed by atoms with Crippen molar-refractivity contribution in [1.82, 2.24) is 4.57 Å². The second-order valence-electron chi connectivity index (χ2n) is 5.88. The highest BCUT2D eigenvalue weighted by molar-refractivity contribution is 7.80. The second kappa shape index (κ2) is 7.85. The van der Waals surface area contributed by atoms with Gasteiger partial charge in [-0.3, -0.25) is 0 Å². The molecule has 0 atom stereocenters. The molecule has 2 aromatic carbocycles. The molecule has 3 rings (SSSR count). The molecule has 134 valence electrons. The van der Waals surface area contributed by atoms with Gasteiger partial charge in [0.2, 0.25) is 11.0 Å². The van der Waals surface area contributed by atoms with E-state index in [4.69, 9.17) is 23.8 Å². The van der Waals surface area contributed by atoms with Crippen LogP contribution < -0.4 is 5.32 Å². The van der Waals surface area contributed by atoms with Gasteiger partial charge in [0.05, 0.1) is 5.52 Å². The van der Waals surface area contributed by atoms with Crippen molar-refractivity contribution in [3.05, 3.63) is 53.1 Å². The number of para-hydroxylation sites is 1. The number of hydrogen-bond acceptors (Lipinski definition) is 3. The van der Waals surface area contributed by atoms with Gasteiger partial charge in [-0.2, -0.15) is 0 Å². The molecule has 0 radical (unpaired) electrons. The SMILES string of the molecule is CCCn1c(O)c(N=NC(=S)Nc2cccc(Cl)c2C)c2ccccc21. The van der Waals surface area contributed by atoms with Crippen LogP contribution in [0.1, 0.15) is 18.9 Å². The largest absolute Gasteiger partial charge is 0.493 e. The summed E-state index contributed by atoms with van der Waals surface area (Å²) in [6.07, 6.45) is 0.900. The van der Waals surface area contributed by atoms with E-state index in [1.165, 1.54) is 0 Å². The molecule has 0 aliphatic heterocycles. The maximum atomic E-state index is 10.6. The lowest BCUT2D eigenvalue weighted by atomic mass is 10.2. The van der Waals surface area contributed by atoms with Crippen LogP contribution in [0.3, 0.4) is 0 Å². The average Bonchev–Trinajstić information content (AvgIpc) is 2.89. The molecule has 0 fully saturated rings. The predicted octanol–water partition coefficient (Wildman–Crippen LogP) is 6.20. The summed E-state index contributed by atoms with van der Waals surface area (Å²) < 4.78 is 1.83. The molecule has 5 nitrogen and oxygen atoms in total. The molecule has 3 aromatic rings. The van der Waals surface area contributed by atoms with E-state index in [9.17, 15) is 5.11 Å². The predicted molar refractivity (Wildman–Crippen MR) is 111 cm³/mol. The highest BCUT2D eigenvalue weighted by Gasteiger charge is 2.15. The minimum Gasteiger partial charge on any atom is -0.493 e. The van der Waals surface area contributed by atoms with Gasteiger partial charge in [-0.15, -0.1) is 10.2 Å². The van der Waals surface area contributed by atoms with Crippen LogP contribution in [-0.2, 0) is 6.54 Å². The minimum absolute atomic E-state index is 0.0959. The van der Waals surface area contributed by atoms with Gasteiger partial charge >= 0.3 is 0 Å². The lowest BCUT2D eigenvalue weighted by Crippen LogP contribution is -2.06. The van der Waals surface area contributed by atoms with Crippen molar-refractivity contribution in [3.8, 4) is 5.88 Å². The van der Waals surface area contributed by atoms with Crippen LogP contribution in [0, 0.1) is 6.92 Å². The lowest BCUT2D eigenvalue weighted by Gasteiger charge is -2.08. The van der Waals surface area contributed by atoms with E-state index in [2.05, 4.69) is 22.5 Å². The van der Waals surface area contributed by atoms with E-state index in [0.29, 0.717) is 17.3 Å². The number of thiocarbonyl (C=S) groups is 1. The number of aromatic nitrogens is 1. The van der Waals surface area contributed by atoms with E-state index in [0.717, 1.165) is 28.6 Å². The number of azo groups is 1. The number of hydrogen-bond donors (Lipinski definition) is 2. The molecule has 0 amide bonds. The van der Waals surface area contributed by atoms with Crippen LogP contribution in [0.4, 0.5) is 11.4 Å². The highest BCUT2D eigenvalue weighted by Crippen LogP contribution is 2.38. The number of rotatable bonds is 4. The fraction of sp³-hybridized carbons (Fsp3) is 0.211. The van der Waals surface area contributed by atoms with Gasteiger partial charge in [-0.25, -0.2) is 0 Å². The smallest absolute Gasteiger partial charge is 0.220 e. The first kappa shape index (κ1) is 18.4. The molecule has 0 spiro atoms. The standard InChI is InChI=1S/C19H19ClN4OS/c1-3-11-24-16-10-5-4-7-13(16)17(18(24)25)22-23-19(26)21-15-9-6-8-14(20)12(15)2/h4-10,25H,3,11H2,1-2H3,(H,21,26). The summed E-state index contributed by atoms with van der Waals surface area (Å²) in [6, 6.07) is 13.2. The first-order valence-corrected chi connectivity index (χ1v) is 9.09. The van der Waals surface area contributed by atoms with E-state index >= 15 is 0 Å². The molecule has 2 N–H and O–H groups in total. The number of fused-ring (bicyclic) bond motifs is 1. The summed E-state index contributed by atoms with van der Waals surface area (Å²) in [4.78, 5) is 0. The molecule has 1 heterocycles. The molecule has 26 heavy (non-hydrogen) atoms. The van der Waals surface area contributed by atoms with Crippen LogP contribution in [0.25, 0.3) is 10.9 Å². The number of aryl methyl sites for hydroxylation is 1. The monoisotopic (exact) mass is 386 g/mol. The highest BCUT2D eigenvalue weighted by atomic mass is 35.5. The zero-order valence-electron chi connectivity index (χ0n) is 14.5. The summed E-state index contributed by atoms with van der Waals surface area (Å²) in [7, 11) is 0. The van der Waals surface area contributed by atoms with E-state index < -0.39 is 0 Å². The van der Waals surface area contributed by atoms with Gasteiger partial charge in [-0.1, -0.05) is 42.8 Å². The number of nitrogens with zero attached hydrogens (tertiary/aromatic N) is 3. The molecule has 0 aliphatic rings. The van der Waals surface area contributed by atoms with E-state index in [1.807, 2.05) is 54.0 Å². The first-order chi connectivity index (χ1) is 12.5. The Labute approximate surface area is 162 Å². The molecule has 0 saturated carbocycles. The normalized spacial score (nSPS) is 11.3. The fourth-order valence-corrected chi connectivity index (χ4v) is 3.12. The van der Waals surface area contributed by atoms with Gasteiger partial charge in [-0.05, 0) is 49.3 Å². The quantitative estimate of drug-likeness (QED) is 0.414. The minimum atomic E-state index is 0.0959. The van der Waals surface area contributed by atoms with Crippen LogP contribution in [0.2, 0.25) is 5.02 Å². The Hall–Kier alpha value is -2.44. The van der Waals surface area contributed by atoms with Crippen molar-refractivity contribution < 1.29 is 5.11 Å². The number of halogens is 1. The van der Waals surface area contributed by atoms with Crippen molar-refractivity contribution in [2.75, 3.05) is 5.32 Å². The average molecular weight is 387 g/mol. The Morgan fingerprint density at radius 1 is 1.23 bits per heavy atom. The molecule has 0 bridgehead atoms. The summed E-state index contributed by atoms with van der Waals surface area (Å²) in [6.45, 7) is 4.66. The van der Waals surface area contributed by atoms with Gasteiger partial charge in [0.1, 0.15) is 0 Å². The Kier molecular flexibility index (Phi) is 5.54. The van der Waals surface area contributed by atoms with Crippen LogP contribution in [0.15, 0.2) is 52.7 Å². The van der Waals surface area contributed by atoms with Crippen molar-refractivity contribution in [2.45, 2.75) is 26.8 Å². The summed E-state index contributed by atoms with van der Waals surface area (Å²) >= 11 is 11.4. The van der Waals surface area contributed by atoms with Gasteiger partial charge in [0.15, 0.2) is 5.69 Å². The van der Waals surface area contributed by atoms with Crippen molar-refractivity contribution in [2.24, 2.45) is 10.2 Å². The second-order valence-corrected chi connectivity index (χ2v) is 6.68. The third-order valence-corrected chi connectivity index (χ3v) is 4.71. The number of aromatic hydroxyl groups is 1. The fourth-order valence-electron chi connectivity index (χ4n) is 2.80. The van der Waals surface area contributed by atoms with Gasteiger partial charge in [0, 0.05) is 22.6 Å². The number of nitrogens with one attached hydrogen (secondary N) is 1. The van der Waals surface area contributed by atoms with Crippen molar-refractivity contribution in [3.63, 3.8) is 0 Å². The molecule has 0 saturated heterocycles. The molecule has 1 aromatic heterocycles. The molecular formula is C19H19ClN4OS. The van der Waals surface area contributed by atoms with Crippen molar-refractivity contribution >= 4 is 51.2 Å². The number of benzene rings is 2. The topological polar surface area (TPSA) is 61.9 Å². The van der Waals surface area contributed by atoms with E-state index in [1.54, 1.807) is 0 Å².